The largest absolute Gasteiger partial charge is 0.355 e. The number of carbonyl (C=O) groups is 2. The zero-order valence-electron chi connectivity index (χ0n) is 9.54. The molecule has 1 aromatic rings. The van der Waals surface area contributed by atoms with E-state index in [0.29, 0.717) is 13.0 Å². The van der Waals surface area contributed by atoms with E-state index in [9.17, 15) is 9.59 Å². The van der Waals surface area contributed by atoms with E-state index in [1.807, 2.05) is 25.1 Å². The highest BCUT2D eigenvalue weighted by Gasteiger charge is 2.23. The average Bonchev–Trinajstić information content (AvgIpc) is 2.64. The van der Waals surface area contributed by atoms with Crippen LogP contribution in [-0.4, -0.2) is 18.2 Å². The number of rotatable bonds is 2. The van der Waals surface area contributed by atoms with Crippen molar-refractivity contribution >= 4 is 11.7 Å². The summed E-state index contributed by atoms with van der Waals surface area (Å²) in [6.07, 6.45) is 0.554. The molecule has 0 aliphatic carbocycles. The number of aryl methyl sites for hydroxylation is 1. The maximum atomic E-state index is 11.3. The summed E-state index contributed by atoms with van der Waals surface area (Å²) in [4.78, 5) is 22.4. The van der Waals surface area contributed by atoms with E-state index in [1.54, 1.807) is 6.92 Å². The predicted octanol–water partition coefficient (Wildman–Crippen LogP) is 1.80. The lowest BCUT2D eigenvalue weighted by Crippen LogP contribution is -2.13. The van der Waals surface area contributed by atoms with Gasteiger partial charge in [-0.1, -0.05) is 18.2 Å². The Morgan fingerprint density at radius 2 is 2.19 bits per heavy atom. The van der Waals surface area contributed by atoms with Crippen LogP contribution in [0.2, 0.25) is 0 Å². The summed E-state index contributed by atoms with van der Waals surface area (Å²) in [5.41, 5.74) is 2.89. The van der Waals surface area contributed by atoms with Crippen LogP contribution in [0.1, 0.15) is 40.7 Å². The topological polar surface area (TPSA) is 46.2 Å². The maximum Gasteiger partial charge on any atom is 0.220 e. The average molecular weight is 217 g/mol. The Hall–Kier alpha value is -1.64. The molecule has 0 aromatic heterocycles. The zero-order valence-corrected chi connectivity index (χ0v) is 9.54. The Labute approximate surface area is 94.9 Å². The van der Waals surface area contributed by atoms with Crippen molar-refractivity contribution in [1.29, 1.82) is 0 Å². The first-order chi connectivity index (χ1) is 7.58. The third-order valence-corrected chi connectivity index (χ3v) is 3.08. The molecule has 1 amide bonds. The molecule has 1 aliphatic heterocycles. The molecule has 1 N–H and O–H groups in total. The second-order valence-electron chi connectivity index (χ2n) is 4.34. The number of amides is 1. The monoisotopic (exact) mass is 217 g/mol. The highest BCUT2D eigenvalue weighted by molar-refractivity contribution is 5.95. The second-order valence-corrected chi connectivity index (χ2v) is 4.34. The van der Waals surface area contributed by atoms with Crippen molar-refractivity contribution in [2.24, 2.45) is 0 Å². The fraction of sp³-hybridized carbons (Fsp3) is 0.385. The van der Waals surface area contributed by atoms with E-state index in [-0.39, 0.29) is 17.6 Å². The molecule has 1 fully saturated rings. The lowest BCUT2D eigenvalue weighted by molar-refractivity contribution is -0.119. The van der Waals surface area contributed by atoms with E-state index in [4.69, 9.17) is 0 Å². The molecule has 1 atom stereocenters. The number of Topliss-reactive ketones (excluding diaryl/α,β-unsaturated/α-hetero) is 1. The highest BCUT2D eigenvalue weighted by atomic mass is 16.1. The molecule has 0 unspecified atom stereocenters. The first-order valence-corrected chi connectivity index (χ1v) is 5.46. The fourth-order valence-corrected chi connectivity index (χ4v) is 2.18. The minimum atomic E-state index is 0.0877. The van der Waals surface area contributed by atoms with Crippen LogP contribution in [0.15, 0.2) is 18.2 Å². The number of hydrogen-bond acceptors (Lipinski definition) is 2. The van der Waals surface area contributed by atoms with Crippen LogP contribution >= 0.6 is 0 Å². The van der Waals surface area contributed by atoms with E-state index >= 15 is 0 Å². The molecule has 3 nitrogen and oxygen atoms in total. The van der Waals surface area contributed by atoms with Gasteiger partial charge in [0.2, 0.25) is 5.91 Å². The Morgan fingerprint density at radius 1 is 1.44 bits per heavy atom. The number of benzene rings is 1. The molecule has 3 heteroatoms. The van der Waals surface area contributed by atoms with Crippen molar-refractivity contribution in [3.05, 3.63) is 34.9 Å². The molecular weight excluding hydrogens is 202 g/mol. The summed E-state index contributed by atoms with van der Waals surface area (Å²) in [5, 5.41) is 2.82. The molecule has 0 saturated carbocycles. The van der Waals surface area contributed by atoms with E-state index in [2.05, 4.69) is 5.32 Å². The Kier molecular flexibility index (Phi) is 2.77. The van der Waals surface area contributed by atoms with Gasteiger partial charge < -0.3 is 5.32 Å². The molecule has 1 aliphatic rings. The minimum Gasteiger partial charge on any atom is -0.355 e. The first-order valence-electron chi connectivity index (χ1n) is 5.46. The van der Waals surface area contributed by atoms with E-state index < -0.39 is 0 Å². The molecule has 2 rings (SSSR count). The summed E-state index contributed by atoms with van der Waals surface area (Å²) in [5.74, 6) is 0.454. The normalized spacial score (nSPS) is 19.6. The lowest BCUT2D eigenvalue weighted by atomic mass is 9.94. The van der Waals surface area contributed by atoms with Gasteiger partial charge in [0.15, 0.2) is 5.78 Å². The van der Waals surface area contributed by atoms with Gasteiger partial charge in [-0.2, -0.15) is 0 Å². The summed E-state index contributed by atoms with van der Waals surface area (Å²) in [7, 11) is 0. The Morgan fingerprint density at radius 3 is 2.69 bits per heavy atom. The summed E-state index contributed by atoms with van der Waals surface area (Å²) in [6.45, 7) is 4.21. The molecule has 0 spiro atoms. The number of hydrogen-bond donors (Lipinski definition) is 1. The molecule has 84 valence electrons. The van der Waals surface area contributed by atoms with Gasteiger partial charge in [-0.05, 0) is 25.0 Å². The minimum absolute atomic E-state index is 0.0877. The van der Waals surface area contributed by atoms with Crippen molar-refractivity contribution in [3.63, 3.8) is 0 Å². The van der Waals surface area contributed by atoms with E-state index in [1.165, 1.54) is 0 Å². The SMILES string of the molecule is CC(=O)c1ccc([C@H]2CNC(=O)C2)cc1C. The summed E-state index contributed by atoms with van der Waals surface area (Å²) < 4.78 is 0. The standard InChI is InChI=1S/C13H15NO2/c1-8-5-10(3-4-12(8)9(2)15)11-6-13(16)14-7-11/h3-5,11H,6-7H2,1-2H3,(H,14,16)/t11-/m1/s1. The van der Waals surface area contributed by atoms with Gasteiger partial charge >= 0.3 is 0 Å². The fourth-order valence-electron chi connectivity index (χ4n) is 2.18. The van der Waals surface area contributed by atoms with Gasteiger partial charge in [0.25, 0.3) is 0 Å². The van der Waals surface area contributed by atoms with Gasteiger partial charge in [-0.25, -0.2) is 0 Å². The van der Waals surface area contributed by atoms with Crippen LogP contribution in [0.4, 0.5) is 0 Å². The van der Waals surface area contributed by atoms with Crippen molar-refractivity contribution in [2.45, 2.75) is 26.2 Å². The Bertz CT molecular complexity index is 451. The maximum absolute atomic E-state index is 11.3. The third-order valence-electron chi connectivity index (χ3n) is 3.08. The second kappa shape index (κ2) is 4.08. The van der Waals surface area contributed by atoms with Crippen molar-refractivity contribution in [1.82, 2.24) is 5.32 Å². The third kappa shape index (κ3) is 1.98. The van der Waals surface area contributed by atoms with E-state index in [0.717, 1.165) is 16.7 Å². The zero-order chi connectivity index (χ0) is 11.7. The van der Waals surface area contributed by atoms with Crippen LogP contribution in [0.25, 0.3) is 0 Å². The molecule has 1 heterocycles. The number of ketones is 1. The summed E-state index contributed by atoms with van der Waals surface area (Å²) in [6, 6.07) is 5.83. The first kappa shape index (κ1) is 10.9. The molecular formula is C13H15NO2. The van der Waals surface area contributed by atoms with Crippen molar-refractivity contribution in [2.75, 3.05) is 6.54 Å². The number of nitrogens with one attached hydrogen (secondary N) is 1. The van der Waals surface area contributed by atoms with Gasteiger partial charge in [0.05, 0.1) is 0 Å². The summed E-state index contributed by atoms with van der Waals surface area (Å²) >= 11 is 0. The van der Waals surface area contributed by atoms with Crippen LogP contribution in [0.5, 0.6) is 0 Å². The van der Waals surface area contributed by atoms with Crippen LogP contribution in [0, 0.1) is 6.92 Å². The van der Waals surface area contributed by atoms with Crippen LogP contribution in [0.3, 0.4) is 0 Å². The molecule has 16 heavy (non-hydrogen) atoms. The van der Waals surface area contributed by atoms with Crippen LogP contribution in [-0.2, 0) is 4.79 Å². The quantitative estimate of drug-likeness (QED) is 0.768. The number of carbonyl (C=O) groups excluding carboxylic acids is 2. The predicted molar refractivity (Wildman–Crippen MR) is 61.6 cm³/mol. The lowest BCUT2D eigenvalue weighted by Gasteiger charge is -2.10. The van der Waals surface area contributed by atoms with Gasteiger partial charge in [0.1, 0.15) is 0 Å². The van der Waals surface area contributed by atoms with Crippen molar-refractivity contribution < 1.29 is 9.59 Å². The highest BCUT2D eigenvalue weighted by Crippen LogP contribution is 2.25. The van der Waals surface area contributed by atoms with Crippen molar-refractivity contribution in [3.8, 4) is 0 Å². The van der Waals surface area contributed by atoms with Gasteiger partial charge in [-0.15, -0.1) is 0 Å². The van der Waals surface area contributed by atoms with Crippen LogP contribution < -0.4 is 5.32 Å². The molecule has 1 aromatic carbocycles. The molecule has 1 saturated heterocycles. The molecule has 0 bridgehead atoms. The van der Waals surface area contributed by atoms with Gasteiger partial charge in [0, 0.05) is 24.4 Å². The Balaban J connectivity index is 2.27. The molecule has 0 radical (unpaired) electrons. The van der Waals surface area contributed by atoms with Gasteiger partial charge in [-0.3, -0.25) is 9.59 Å². The smallest absolute Gasteiger partial charge is 0.220 e.